The van der Waals surface area contributed by atoms with Crippen molar-refractivity contribution in [1.29, 1.82) is 5.26 Å². The van der Waals surface area contributed by atoms with Gasteiger partial charge in [0.25, 0.3) is 0 Å². The van der Waals surface area contributed by atoms with Crippen molar-refractivity contribution in [2.75, 3.05) is 0 Å². The van der Waals surface area contributed by atoms with Gasteiger partial charge in [0.1, 0.15) is 0 Å². The molecule has 0 unspecified atom stereocenters. The summed E-state index contributed by atoms with van der Waals surface area (Å²) < 4.78 is 0. The third-order valence-electron chi connectivity index (χ3n) is 3.00. The molecule has 0 saturated heterocycles. The Kier molecular flexibility index (Phi) is 4.07. The average Bonchev–Trinajstić information content (AvgIpc) is 3.12. The Morgan fingerprint density at radius 3 is 2.41 bits per heavy atom. The predicted octanol–water partition coefficient (Wildman–Crippen LogP) is 4.00. The first-order valence-corrected chi connectivity index (χ1v) is 6.13. The molecule has 0 amide bonds. The maximum Gasteiger partial charge on any atom is 0.0838 e. The molecule has 0 aliphatic heterocycles. The lowest BCUT2D eigenvalue weighted by Gasteiger charge is -2.09. The lowest BCUT2D eigenvalue weighted by molar-refractivity contribution is 0.891. The number of nitrogens with zero attached hydrogens (tertiary/aromatic N) is 2. The summed E-state index contributed by atoms with van der Waals surface area (Å²) in [6, 6.07) is 4.46. The molecule has 0 spiro atoms. The highest BCUT2D eigenvalue weighted by Crippen LogP contribution is 2.47. The van der Waals surface area contributed by atoms with Crippen molar-refractivity contribution in [3.63, 3.8) is 0 Å². The molecule has 90 valence electrons. The largest absolute Gasteiger partial charge is 0.256 e. The first-order valence-electron chi connectivity index (χ1n) is 6.13. The van der Waals surface area contributed by atoms with Crippen LogP contribution >= 0.6 is 0 Å². The van der Waals surface area contributed by atoms with E-state index in [2.05, 4.69) is 23.7 Å². The number of rotatable bonds is 2. The fourth-order valence-electron chi connectivity index (χ4n) is 1.87. The molecule has 1 fully saturated rings. The summed E-state index contributed by atoms with van der Waals surface area (Å²) in [5.41, 5.74) is 3.87. The molecule has 0 bridgehead atoms. The third-order valence-corrected chi connectivity index (χ3v) is 3.00. The average molecular weight is 228 g/mol. The van der Waals surface area contributed by atoms with E-state index in [1.54, 1.807) is 0 Å². The number of pyridine rings is 1. The van der Waals surface area contributed by atoms with Gasteiger partial charge in [0.15, 0.2) is 0 Å². The van der Waals surface area contributed by atoms with Crippen LogP contribution in [-0.4, -0.2) is 4.98 Å². The van der Waals surface area contributed by atoms with Gasteiger partial charge in [0.05, 0.1) is 17.2 Å². The lowest BCUT2D eigenvalue weighted by atomic mass is 9.97. The zero-order chi connectivity index (χ0) is 13.1. The van der Waals surface area contributed by atoms with Crippen molar-refractivity contribution >= 4 is 5.57 Å². The Labute approximate surface area is 104 Å². The first-order chi connectivity index (χ1) is 8.09. The van der Waals surface area contributed by atoms with Crippen LogP contribution in [0.2, 0.25) is 0 Å². The molecule has 1 aromatic rings. The van der Waals surface area contributed by atoms with E-state index in [1.807, 2.05) is 33.9 Å². The van der Waals surface area contributed by atoms with Crippen LogP contribution in [0.25, 0.3) is 5.57 Å². The molecular formula is C15H20N2. The topological polar surface area (TPSA) is 36.7 Å². The zero-order valence-electron chi connectivity index (χ0n) is 11.2. The molecule has 0 aromatic carbocycles. The van der Waals surface area contributed by atoms with Gasteiger partial charge in [0, 0.05) is 6.20 Å². The van der Waals surface area contributed by atoms with Crippen LogP contribution in [0.3, 0.4) is 0 Å². The summed E-state index contributed by atoms with van der Waals surface area (Å²) in [7, 11) is 0. The Bertz CT molecular complexity index is 462. The van der Waals surface area contributed by atoms with E-state index in [0.29, 0.717) is 0 Å². The second-order valence-corrected chi connectivity index (χ2v) is 4.36. The number of aromatic nitrogens is 1. The van der Waals surface area contributed by atoms with Crippen LogP contribution in [0, 0.1) is 18.3 Å². The molecule has 0 radical (unpaired) electrons. The van der Waals surface area contributed by atoms with Gasteiger partial charge >= 0.3 is 0 Å². The van der Waals surface area contributed by atoms with Gasteiger partial charge in [-0.1, -0.05) is 26.5 Å². The monoisotopic (exact) mass is 228 g/mol. The molecule has 1 aromatic heterocycles. The van der Waals surface area contributed by atoms with Crippen LogP contribution in [0.5, 0.6) is 0 Å². The number of hydrogen-bond donors (Lipinski definition) is 0. The smallest absolute Gasteiger partial charge is 0.0838 e. The van der Waals surface area contributed by atoms with Crippen LogP contribution in [0.15, 0.2) is 18.8 Å². The highest BCUT2D eigenvalue weighted by atomic mass is 14.7. The maximum absolute atomic E-state index is 9.08. The van der Waals surface area contributed by atoms with Crippen LogP contribution in [0.4, 0.5) is 0 Å². The van der Waals surface area contributed by atoms with Crippen molar-refractivity contribution in [2.45, 2.75) is 46.0 Å². The fourth-order valence-corrected chi connectivity index (χ4v) is 1.87. The minimum atomic E-state index is -0.231. The quantitative estimate of drug-likeness (QED) is 0.767. The molecule has 17 heavy (non-hydrogen) atoms. The molecule has 1 heterocycles. The van der Waals surface area contributed by atoms with Gasteiger partial charge in [-0.25, -0.2) is 0 Å². The molecule has 2 heteroatoms. The van der Waals surface area contributed by atoms with Crippen molar-refractivity contribution in [3.05, 3.63) is 35.7 Å². The molecular weight excluding hydrogens is 208 g/mol. The van der Waals surface area contributed by atoms with E-state index >= 15 is 0 Å². The zero-order valence-corrected chi connectivity index (χ0v) is 11.2. The van der Waals surface area contributed by atoms with Crippen LogP contribution in [0.1, 0.15) is 50.4 Å². The summed E-state index contributed by atoms with van der Waals surface area (Å²) >= 11 is 0. The number of allylic oxidation sites excluding steroid dienone is 1. The summed E-state index contributed by atoms with van der Waals surface area (Å²) in [4.78, 5) is 4.38. The molecule has 2 rings (SSSR count). The maximum atomic E-state index is 9.08. The van der Waals surface area contributed by atoms with E-state index in [-0.39, 0.29) is 5.41 Å². The highest BCUT2D eigenvalue weighted by Gasteiger charge is 2.45. The van der Waals surface area contributed by atoms with E-state index < -0.39 is 0 Å². The first kappa shape index (κ1) is 13.4. The highest BCUT2D eigenvalue weighted by molar-refractivity contribution is 5.61. The molecule has 1 saturated carbocycles. The number of nitriles is 1. The van der Waals surface area contributed by atoms with Gasteiger partial charge in [-0.3, -0.25) is 4.98 Å². The van der Waals surface area contributed by atoms with Gasteiger partial charge in [0.2, 0.25) is 0 Å². The minimum Gasteiger partial charge on any atom is -0.256 e. The molecule has 2 nitrogen and oxygen atoms in total. The lowest BCUT2D eigenvalue weighted by Crippen LogP contribution is -2.05. The molecule has 1 aliphatic rings. The summed E-state index contributed by atoms with van der Waals surface area (Å²) in [5.74, 6) is 0. The van der Waals surface area contributed by atoms with Gasteiger partial charge < -0.3 is 0 Å². The summed E-state index contributed by atoms with van der Waals surface area (Å²) in [6.07, 6.45) is 3.77. The third kappa shape index (κ3) is 2.55. The van der Waals surface area contributed by atoms with E-state index in [4.69, 9.17) is 5.26 Å². The Hall–Kier alpha value is -1.62. The SMILES string of the molecule is C=C(C)c1ncc(C2(C#N)CC2)cc1C.CC. The van der Waals surface area contributed by atoms with Crippen molar-refractivity contribution in [1.82, 2.24) is 4.98 Å². The fraction of sp³-hybridized carbons (Fsp3) is 0.467. The second kappa shape index (κ2) is 5.14. The second-order valence-electron chi connectivity index (χ2n) is 4.36. The van der Waals surface area contributed by atoms with E-state index in [0.717, 1.165) is 35.2 Å². The summed E-state index contributed by atoms with van der Waals surface area (Å²) in [6.45, 7) is 11.9. The van der Waals surface area contributed by atoms with Crippen LogP contribution in [-0.2, 0) is 5.41 Å². The van der Waals surface area contributed by atoms with Gasteiger partial charge in [-0.05, 0) is 43.4 Å². The van der Waals surface area contributed by atoms with Crippen molar-refractivity contribution in [2.24, 2.45) is 0 Å². The Morgan fingerprint density at radius 1 is 1.47 bits per heavy atom. The van der Waals surface area contributed by atoms with E-state index in [9.17, 15) is 0 Å². The van der Waals surface area contributed by atoms with E-state index in [1.165, 1.54) is 0 Å². The standard InChI is InChI=1S/C13H14N2.C2H6/c1-9(2)12-10(3)6-11(7-15-12)13(8-14)4-5-13;1-2/h6-7H,1,4-5H2,2-3H3;1-2H3. The minimum absolute atomic E-state index is 0.231. The van der Waals surface area contributed by atoms with Crippen molar-refractivity contribution < 1.29 is 0 Å². The molecule has 0 N–H and O–H groups in total. The van der Waals surface area contributed by atoms with Crippen molar-refractivity contribution in [3.8, 4) is 6.07 Å². The Balaban J connectivity index is 0.000000686. The van der Waals surface area contributed by atoms with Gasteiger partial charge in [-0.2, -0.15) is 5.26 Å². The van der Waals surface area contributed by atoms with Gasteiger partial charge in [-0.15, -0.1) is 0 Å². The number of aryl methyl sites for hydroxylation is 1. The van der Waals surface area contributed by atoms with Crippen LogP contribution < -0.4 is 0 Å². The number of hydrogen-bond acceptors (Lipinski definition) is 2. The normalized spacial score (nSPS) is 15.2. The Morgan fingerprint density at radius 2 is 2.06 bits per heavy atom. The summed E-state index contributed by atoms with van der Waals surface area (Å²) in [5, 5.41) is 9.08. The molecule has 1 aliphatic carbocycles. The molecule has 0 atom stereocenters. The predicted molar refractivity (Wildman–Crippen MR) is 71.6 cm³/mol.